The highest BCUT2D eigenvalue weighted by molar-refractivity contribution is 7.08. The number of nitrogens with zero attached hydrogens (tertiary/aromatic N) is 1. The molecule has 0 atom stereocenters. The fourth-order valence-electron chi connectivity index (χ4n) is 1.91. The summed E-state index contributed by atoms with van der Waals surface area (Å²) in [5, 5.41) is 6.05. The zero-order valence-corrected chi connectivity index (χ0v) is 14.7. The second-order valence-electron chi connectivity index (χ2n) is 5.12. The SMILES string of the molecule is COc1cccc(NC(=O)CN(C)C(=O)COC(=O)c2ccsc2)c1. The number of benzene rings is 1. The van der Waals surface area contributed by atoms with Crippen LogP contribution in [-0.2, 0) is 14.3 Å². The first-order chi connectivity index (χ1) is 12.0. The number of hydrogen-bond donors (Lipinski definition) is 1. The first-order valence-corrected chi connectivity index (χ1v) is 8.31. The number of esters is 1. The third-order valence-corrected chi connectivity index (χ3v) is 3.93. The monoisotopic (exact) mass is 362 g/mol. The van der Waals surface area contributed by atoms with Crippen molar-refractivity contribution >= 4 is 34.8 Å². The zero-order valence-electron chi connectivity index (χ0n) is 13.9. The molecule has 0 unspecified atom stereocenters. The van der Waals surface area contributed by atoms with Crippen LogP contribution in [0.2, 0.25) is 0 Å². The Morgan fingerprint density at radius 1 is 1.24 bits per heavy atom. The standard InChI is InChI=1S/C17H18N2O5S/c1-19(16(21)10-24-17(22)12-6-7-25-11-12)9-15(20)18-13-4-3-5-14(8-13)23-2/h3-8,11H,9-10H2,1-2H3,(H,18,20). The van der Waals surface area contributed by atoms with Crippen LogP contribution in [0.1, 0.15) is 10.4 Å². The van der Waals surface area contributed by atoms with Crippen LogP contribution < -0.4 is 10.1 Å². The van der Waals surface area contributed by atoms with E-state index in [2.05, 4.69) is 5.32 Å². The molecule has 0 saturated carbocycles. The molecule has 0 fully saturated rings. The van der Waals surface area contributed by atoms with Crippen LogP contribution >= 0.6 is 11.3 Å². The minimum Gasteiger partial charge on any atom is -0.497 e. The Morgan fingerprint density at radius 2 is 2.04 bits per heavy atom. The van der Waals surface area contributed by atoms with Crippen molar-refractivity contribution < 1.29 is 23.9 Å². The smallest absolute Gasteiger partial charge is 0.339 e. The van der Waals surface area contributed by atoms with E-state index in [0.717, 1.165) is 0 Å². The number of ether oxygens (including phenoxy) is 2. The first kappa shape index (κ1) is 18.5. The highest BCUT2D eigenvalue weighted by atomic mass is 32.1. The molecule has 132 valence electrons. The first-order valence-electron chi connectivity index (χ1n) is 7.37. The van der Waals surface area contributed by atoms with Gasteiger partial charge in [0.15, 0.2) is 6.61 Å². The maximum Gasteiger partial charge on any atom is 0.339 e. The average Bonchev–Trinajstić information content (AvgIpc) is 3.14. The Bertz CT molecular complexity index is 745. The van der Waals surface area contributed by atoms with Gasteiger partial charge in [-0.15, -0.1) is 0 Å². The van der Waals surface area contributed by atoms with Crippen LogP contribution in [0.25, 0.3) is 0 Å². The van der Waals surface area contributed by atoms with Crippen molar-refractivity contribution in [1.82, 2.24) is 4.90 Å². The van der Waals surface area contributed by atoms with Crippen LogP contribution in [0.15, 0.2) is 41.1 Å². The number of carbonyl (C=O) groups excluding carboxylic acids is 3. The van der Waals surface area contributed by atoms with E-state index in [0.29, 0.717) is 17.0 Å². The largest absolute Gasteiger partial charge is 0.497 e. The van der Waals surface area contributed by atoms with Gasteiger partial charge in [0.05, 0.1) is 19.2 Å². The molecule has 25 heavy (non-hydrogen) atoms. The number of carbonyl (C=O) groups is 3. The number of thiophene rings is 1. The van der Waals surface area contributed by atoms with E-state index >= 15 is 0 Å². The van der Waals surface area contributed by atoms with E-state index in [-0.39, 0.29) is 12.5 Å². The lowest BCUT2D eigenvalue weighted by Crippen LogP contribution is -2.37. The quantitative estimate of drug-likeness (QED) is 0.762. The fourth-order valence-corrected chi connectivity index (χ4v) is 2.53. The average molecular weight is 362 g/mol. The molecule has 0 aliphatic carbocycles. The van der Waals surface area contributed by atoms with Gasteiger partial charge < -0.3 is 19.7 Å². The van der Waals surface area contributed by atoms with Gasteiger partial charge in [-0.2, -0.15) is 11.3 Å². The van der Waals surface area contributed by atoms with E-state index in [9.17, 15) is 14.4 Å². The molecule has 0 radical (unpaired) electrons. The molecule has 8 heteroatoms. The van der Waals surface area contributed by atoms with Gasteiger partial charge in [0.2, 0.25) is 5.91 Å². The molecule has 2 aromatic rings. The van der Waals surface area contributed by atoms with Crippen molar-refractivity contribution in [2.75, 3.05) is 32.6 Å². The summed E-state index contributed by atoms with van der Waals surface area (Å²) in [5.41, 5.74) is 0.963. The Kier molecular flexibility index (Phi) is 6.53. The molecule has 0 aliphatic rings. The number of likely N-dealkylation sites (N-methyl/N-ethyl adjacent to an activating group) is 1. The van der Waals surface area contributed by atoms with Gasteiger partial charge in [-0.25, -0.2) is 4.79 Å². The molecule has 1 N–H and O–H groups in total. The minimum atomic E-state index is -0.566. The summed E-state index contributed by atoms with van der Waals surface area (Å²) in [6.45, 7) is -0.580. The van der Waals surface area contributed by atoms with Crippen LogP contribution in [0.3, 0.4) is 0 Å². The van der Waals surface area contributed by atoms with Crippen molar-refractivity contribution in [3.05, 3.63) is 46.7 Å². The molecule has 0 aliphatic heterocycles. The Morgan fingerprint density at radius 3 is 2.72 bits per heavy atom. The number of rotatable bonds is 7. The molecule has 2 rings (SSSR count). The van der Waals surface area contributed by atoms with Gasteiger partial charge >= 0.3 is 5.97 Å². The van der Waals surface area contributed by atoms with Gasteiger partial charge in [-0.3, -0.25) is 9.59 Å². The topological polar surface area (TPSA) is 84.9 Å². The van der Waals surface area contributed by atoms with Gasteiger partial charge in [0, 0.05) is 24.2 Å². The third kappa shape index (κ3) is 5.61. The van der Waals surface area contributed by atoms with Crippen LogP contribution in [-0.4, -0.2) is 50.0 Å². The summed E-state index contributed by atoms with van der Waals surface area (Å²) in [7, 11) is 3.00. The summed E-state index contributed by atoms with van der Waals surface area (Å²) in [6, 6.07) is 8.50. The van der Waals surface area contributed by atoms with Crippen molar-refractivity contribution in [3.63, 3.8) is 0 Å². The van der Waals surface area contributed by atoms with Crippen LogP contribution in [0.4, 0.5) is 5.69 Å². The Labute approximate surface area is 149 Å². The summed E-state index contributed by atoms with van der Waals surface area (Å²) in [4.78, 5) is 36.8. The lowest BCUT2D eigenvalue weighted by atomic mass is 10.3. The number of hydrogen-bond acceptors (Lipinski definition) is 6. The van der Waals surface area contributed by atoms with Gasteiger partial charge in [-0.05, 0) is 23.6 Å². The molecule has 1 aromatic carbocycles. The van der Waals surface area contributed by atoms with Crippen LogP contribution in [0.5, 0.6) is 5.75 Å². The maximum atomic E-state index is 12.0. The Hall–Kier alpha value is -2.87. The second kappa shape index (κ2) is 8.84. The maximum absolute atomic E-state index is 12.0. The summed E-state index contributed by atoms with van der Waals surface area (Å²) < 4.78 is 10.0. The summed E-state index contributed by atoms with van der Waals surface area (Å²) in [6.07, 6.45) is 0. The molecule has 0 bridgehead atoms. The second-order valence-corrected chi connectivity index (χ2v) is 5.90. The van der Waals surface area contributed by atoms with E-state index in [4.69, 9.17) is 9.47 Å². The summed E-state index contributed by atoms with van der Waals surface area (Å²) >= 11 is 1.36. The predicted molar refractivity (Wildman–Crippen MR) is 93.9 cm³/mol. The number of amides is 2. The molecule has 0 spiro atoms. The zero-order chi connectivity index (χ0) is 18.2. The van der Waals surface area contributed by atoms with Gasteiger partial charge in [0.25, 0.3) is 5.91 Å². The van der Waals surface area contributed by atoms with Gasteiger partial charge in [-0.1, -0.05) is 6.07 Å². The lowest BCUT2D eigenvalue weighted by molar-refractivity contribution is -0.136. The molecule has 2 amide bonds. The van der Waals surface area contributed by atoms with Crippen molar-refractivity contribution in [2.45, 2.75) is 0 Å². The van der Waals surface area contributed by atoms with Crippen molar-refractivity contribution in [3.8, 4) is 5.75 Å². The van der Waals surface area contributed by atoms with Crippen molar-refractivity contribution in [1.29, 1.82) is 0 Å². The van der Waals surface area contributed by atoms with E-state index in [1.807, 2.05) is 0 Å². The van der Waals surface area contributed by atoms with Gasteiger partial charge in [0.1, 0.15) is 5.75 Å². The highest BCUT2D eigenvalue weighted by Gasteiger charge is 2.16. The number of nitrogens with one attached hydrogen (secondary N) is 1. The van der Waals surface area contributed by atoms with E-state index < -0.39 is 18.5 Å². The number of methoxy groups -OCH3 is 1. The molecule has 7 nitrogen and oxygen atoms in total. The predicted octanol–water partition coefficient (Wildman–Crippen LogP) is 2.01. The minimum absolute atomic E-state index is 0.161. The van der Waals surface area contributed by atoms with Crippen molar-refractivity contribution in [2.24, 2.45) is 0 Å². The number of anilines is 1. The molecule has 0 saturated heterocycles. The molecule has 1 heterocycles. The van der Waals surface area contributed by atoms with Crippen LogP contribution in [0, 0.1) is 0 Å². The lowest BCUT2D eigenvalue weighted by Gasteiger charge is -2.16. The normalized spacial score (nSPS) is 10.0. The fraction of sp³-hybridized carbons (Fsp3) is 0.235. The van der Waals surface area contributed by atoms with E-state index in [1.165, 1.54) is 30.4 Å². The van der Waals surface area contributed by atoms with E-state index in [1.54, 1.807) is 41.1 Å². The highest BCUT2D eigenvalue weighted by Crippen LogP contribution is 2.16. The third-order valence-electron chi connectivity index (χ3n) is 3.24. The molecule has 1 aromatic heterocycles. The Balaban J connectivity index is 1.79. The summed E-state index contributed by atoms with van der Waals surface area (Å²) in [5.74, 6) is -0.788. The molecular formula is C17H18N2O5S. The molecular weight excluding hydrogens is 344 g/mol.